The number of primary amides is 1. The van der Waals surface area contributed by atoms with E-state index in [4.69, 9.17) is 9.53 Å². The lowest BCUT2D eigenvalue weighted by molar-refractivity contribution is -0.106. The van der Waals surface area contributed by atoms with E-state index >= 15 is 0 Å². The summed E-state index contributed by atoms with van der Waals surface area (Å²) in [5.74, 6) is 0. The number of carbonyl (C=O) groups excluding carboxylic acids is 1. The van der Waals surface area contributed by atoms with E-state index in [0.717, 1.165) is 13.2 Å². The van der Waals surface area contributed by atoms with Crippen molar-refractivity contribution in [2.45, 2.75) is 59.3 Å². The Morgan fingerprint density at radius 3 is 1.83 bits per heavy atom. The monoisotopic (exact) mass is 331 g/mol. The van der Waals surface area contributed by atoms with Crippen LogP contribution in [-0.4, -0.2) is 69.2 Å². The average molecular weight is 332 g/mol. The van der Waals surface area contributed by atoms with Gasteiger partial charge in [-0.1, -0.05) is 52.9 Å². The molecule has 1 aliphatic rings. The van der Waals surface area contributed by atoms with Gasteiger partial charge in [0.25, 0.3) is 0 Å². The molecular weight excluding hydrogens is 290 g/mol. The normalized spacial score (nSPS) is 15.1. The molecule has 23 heavy (non-hydrogen) atoms. The zero-order valence-electron chi connectivity index (χ0n) is 16.1. The Hall–Kier alpha value is -0.650. The number of hydrogen-bond acceptors (Lipinski definition) is 4. The molecule has 0 saturated carbocycles. The van der Waals surface area contributed by atoms with Crippen LogP contribution in [0.15, 0.2) is 0 Å². The van der Waals surface area contributed by atoms with Crippen molar-refractivity contribution >= 4 is 6.41 Å². The number of amides is 1. The largest absolute Gasteiger partial charge is 0.383 e. The Labute approximate surface area is 144 Å². The van der Waals surface area contributed by atoms with Gasteiger partial charge in [0.2, 0.25) is 6.41 Å². The molecule has 5 heteroatoms. The number of rotatable bonds is 10. The maximum absolute atomic E-state index is 8.58. The molecule has 2 N–H and O–H groups in total. The van der Waals surface area contributed by atoms with E-state index in [1.807, 2.05) is 13.8 Å². The number of nitrogens with two attached hydrogens (primary N) is 1. The van der Waals surface area contributed by atoms with Crippen molar-refractivity contribution in [3.05, 3.63) is 0 Å². The van der Waals surface area contributed by atoms with Gasteiger partial charge in [-0.15, -0.1) is 0 Å². The minimum Gasteiger partial charge on any atom is -0.383 e. The molecule has 0 aromatic heterocycles. The van der Waals surface area contributed by atoms with Crippen LogP contribution < -0.4 is 5.73 Å². The standard InChI is InChI=1S/C15H32N2O.C2H6.CH3NO/c1-3-4-5-6-7-8-9-16-10-12-17(13-11-16)14-15-18-2;1-2;2-1-3/h3-15H2,1-2H3;1-2H3;1H,(H2,2,3). The van der Waals surface area contributed by atoms with E-state index in [2.05, 4.69) is 22.5 Å². The van der Waals surface area contributed by atoms with Gasteiger partial charge in [-0.2, -0.15) is 0 Å². The van der Waals surface area contributed by atoms with Gasteiger partial charge >= 0.3 is 0 Å². The van der Waals surface area contributed by atoms with Crippen LogP contribution in [0.2, 0.25) is 0 Å². The molecule has 1 fully saturated rings. The second-order valence-electron chi connectivity index (χ2n) is 5.58. The minimum atomic E-state index is 0.250. The van der Waals surface area contributed by atoms with Crippen LogP contribution in [0.4, 0.5) is 0 Å². The van der Waals surface area contributed by atoms with Crippen LogP contribution >= 0.6 is 0 Å². The lowest BCUT2D eigenvalue weighted by Gasteiger charge is -2.34. The molecule has 0 radical (unpaired) electrons. The number of piperazine rings is 1. The summed E-state index contributed by atoms with van der Waals surface area (Å²) >= 11 is 0. The number of unbranched alkanes of at least 4 members (excludes halogenated alkanes) is 5. The van der Waals surface area contributed by atoms with Crippen LogP contribution in [0.5, 0.6) is 0 Å². The highest BCUT2D eigenvalue weighted by molar-refractivity contribution is 5.42. The van der Waals surface area contributed by atoms with Crippen molar-refractivity contribution in [3.63, 3.8) is 0 Å². The number of carbonyl (C=O) groups is 1. The lowest BCUT2D eigenvalue weighted by Crippen LogP contribution is -2.47. The summed E-state index contributed by atoms with van der Waals surface area (Å²) in [5.41, 5.74) is 4.17. The summed E-state index contributed by atoms with van der Waals surface area (Å²) in [5, 5.41) is 0. The number of methoxy groups -OCH3 is 1. The van der Waals surface area contributed by atoms with Gasteiger partial charge in [0.1, 0.15) is 0 Å². The van der Waals surface area contributed by atoms with Crippen LogP contribution in [0.25, 0.3) is 0 Å². The van der Waals surface area contributed by atoms with Gasteiger partial charge in [-0.05, 0) is 13.0 Å². The number of nitrogens with zero attached hydrogens (tertiary/aromatic N) is 2. The predicted octanol–water partition coefficient (Wildman–Crippen LogP) is 2.74. The zero-order valence-corrected chi connectivity index (χ0v) is 16.1. The molecule has 1 amide bonds. The third kappa shape index (κ3) is 17.5. The fraction of sp³-hybridized carbons (Fsp3) is 0.944. The Balaban J connectivity index is 0. The van der Waals surface area contributed by atoms with Gasteiger partial charge in [-0.25, -0.2) is 0 Å². The molecule has 0 unspecified atom stereocenters. The molecule has 0 atom stereocenters. The Bertz CT molecular complexity index is 220. The van der Waals surface area contributed by atoms with E-state index in [0.29, 0.717) is 0 Å². The molecule has 0 aliphatic carbocycles. The van der Waals surface area contributed by atoms with Crippen molar-refractivity contribution in [3.8, 4) is 0 Å². The molecule has 5 nitrogen and oxygen atoms in total. The van der Waals surface area contributed by atoms with Crippen LogP contribution in [-0.2, 0) is 9.53 Å². The molecule has 0 aromatic rings. The van der Waals surface area contributed by atoms with Gasteiger partial charge in [0.15, 0.2) is 0 Å². The highest BCUT2D eigenvalue weighted by Crippen LogP contribution is 2.07. The predicted molar refractivity (Wildman–Crippen MR) is 99.7 cm³/mol. The molecule has 1 aliphatic heterocycles. The van der Waals surface area contributed by atoms with Gasteiger partial charge in [0.05, 0.1) is 6.61 Å². The highest BCUT2D eigenvalue weighted by atomic mass is 16.5. The fourth-order valence-corrected chi connectivity index (χ4v) is 2.57. The third-order valence-electron chi connectivity index (χ3n) is 3.90. The first-order valence-electron chi connectivity index (χ1n) is 9.37. The summed E-state index contributed by atoms with van der Waals surface area (Å²) in [6, 6.07) is 0. The topological polar surface area (TPSA) is 58.8 Å². The smallest absolute Gasteiger partial charge is 0.204 e. The van der Waals surface area contributed by atoms with Gasteiger partial charge in [0, 0.05) is 39.8 Å². The van der Waals surface area contributed by atoms with Crippen molar-refractivity contribution in [1.29, 1.82) is 0 Å². The SMILES string of the molecule is CC.CCCCCCCCN1CCN(CCOC)CC1.NC=O. The maximum atomic E-state index is 8.58. The van der Waals surface area contributed by atoms with Crippen LogP contribution in [0, 0.1) is 0 Å². The molecule has 0 bridgehead atoms. The van der Waals surface area contributed by atoms with Crippen molar-refractivity contribution in [2.75, 3.05) is 53.0 Å². The molecule has 0 spiro atoms. The van der Waals surface area contributed by atoms with Crippen molar-refractivity contribution in [1.82, 2.24) is 9.80 Å². The lowest BCUT2D eigenvalue weighted by atomic mass is 10.1. The van der Waals surface area contributed by atoms with E-state index in [9.17, 15) is 0 Å². The van der Waals surface area contributed by atoms with Gasteiger partial charge in [-0.3, -0.25) is 9.69 Å². The van der Waals surface area contributed by atoms with E-state index in [-0.39, 0.29) is 6.41 Å². The second kappa shape index (κ2) is 21.4. The molecule has 140 valence electrons. The third-order valence-corrected chi connectivity index (χ3v) is 3.90. The van der Waals surface area contributed by atoms with Gasteiger partial charge < -0.3 is 15.4 Å². The number of hydrogen-bond donors (Lipinski definition) is 1. The Morgan fingerprint density at radius 2 is 1.35 bits per heavy atom. The van der Waals surface area contributed by atoms with Crippen LogP contribution in [0.3, 0.4) is 0 Å². The Kier molecular flexibility index (Phi) is 22.8. The molecular formula is C18H41N3O2. The molecule has 1 saturated heterocycles. The number of ether oxygens (including phenoxy) is 1. The summed E-state index contributed by atoms with van der Waals surface area (Å²) < 4.78 is 5.13. The van der Waals surface area contributed by atoms with Crippen molar-refractivity contribution in [2.24, 2.45) is 5.73 Å². The second-order valence-corrected chi connectivity index (χ2v) is 5.58. The summed E-state index contributed by atoms with van der Waals surface area (Å²) in [6.45, 7) is 14.5. The van der Waals surface area contributed by atoms with E-state index < -0.39 is 0 Å². The Morgan fingerprint density at radius 1 is 0.913 bits per heavy atom. The molecule has 0 aromatic carbocycles. The van der Waals surface area contributed by atoms with Crippen molar-refractivity contribution < 1.29 is 9.53 Å². The van der Waals surface area contributed by atoms with E-state index in [1.54, 1.807) is 7.11 Å². The zero-order chi connectivity index (χ0) is 17.8. The van der Waals surface area contributed by atoms with Crippen LogP contribution in [0.1, 0.15) is 59.3 Å². The first kappa shape index (κ1) is 24.6. The summed E-state index contributed by atoms with van der Waals surface area (Å²) in [6.07, 6.45) is 8.69. The summed E-state index contributed by atoms with van der Waals surface area (Å²) in [7, 11) is 1.79. The maximum Gasteiger partial charge on any atom is 0.204 e. The van der Waals surface area contributed by atoms with E-state index in [1.165, 1.54) is 71.2 Å². The molecule has 1 heterocycles. The minimum absolute atomic E-state index is 0.250. The molecule has 1 rings (SSSR count). The first-order chi connectivity index (χ1) is 11.3. The highest BCUT2D eigenvalue weighted by Gasteiger charge is 2.15. The fourth-order valence-electron chi connectivity index (χ4n) is 2.57. The summed E-state index contributed by atoms with van der Waals surface area (Å²) in [4.78, 5) is 13.7. The quantitative estimate of drug-likeness (QED) is 0.494. The average Bonchev–Trinajstić information content (AvgIpc) is 2.60. The first-order valence-corrected chi connectivity index (χ1v) is 9.37.